The van der Waals surface area contributed by atoms with Crippen LogP contribution in [0.5, 0.6) is 0 Å². The number of carbonyl (C=O) groups is 2. The number of hydrogen-bond acceptors (Lipinski definition) is 9. The van der Waals surface area contributed by atoms with Crippen molar-refractivity contribution in [3.05, 3.63) is 92.1 Å². The van der Waals surface area contributed by atoms with E-state index in [-0.39, 0.29) is 50.4 Å². The molecule has 0 aliphatic heterocycles. The molecule has 0 aliphatic carbocycles. The molecule has 42 heavy (non-hydrogen) atoms. The molecule has 0 saturated carbocycles. The highest BCUT2D eigenvalue weighted by Crippen LogP contribution is 2.40. The number of carbonyl (C=O) groups excluding carboxylic acids is 1. The Bertz CT molecular complexity index is 1980. The molecule has 0 saturated heterocycles. The molecule has 218 valence electrons. The smallest absolute Gasteiger partial charge is 0.404 e. The van der Waals surface area contributed by atoms with Crippen LogP contribution >= 0.6 is 45.9 Å². The highest BCUT2D eigenvalue weighted by molar-refractivity contribution is 8.11. The maximum Gasteiger partial charge on any atom is 0.404 e. The first-order valence-corrected chi connectivity index (χ1v) is 17.0. The van der Waals surface area contributed by atoms with Crippen LogP contribution in [-0.4, -0.2) is 44.1 Å². The van der Waals surface area contributed by atoms with Crippen LogP contribution in [0.1, 0.15) is 21.5 Å². The summed E-state index contributed by atoms with van der Waals surface area (Å²) >= 11 is 13.3. The van der Waals surface area contributed by atoms with Gasteiger partial charge in [-0.05, 0) is 41.5 Å². The lowest BCUT2D eigenvalue weighted by atomic mass is 10.1. The zero-order chi connectivity index (χ0) is 30.2. The summed E-state index contributed by atoms with van der Waals surface area (Å²) < 4.78 is 57.2. The Morgan fingerprint density at radius 2 is 1.52 bits per heavy atom. The number of amides is 1. The minimum atomic E-state index is -4.84. The molecule has 5 rings (SSSR count). The first kappa shape index (κ1) is 30.0. The maximum absolute atomic E-state index is 14.0. The van der Waals surface area contributed by atoms with Crippen LogP contribution < -0.4 is 9.03 Å². The molecular weight excluding hydrogens is 667 g/mol. The number of aromatic nitrogens is 2. The number of nitrogens with one attached hydrogen (secondary N) is 1. The van der Waals surface area contributed by atoms with Crippen molar-refractivity contribution >= 4 is 95.0 Å². The van der Waals surface area contributed by atoms with E-state index >= 15 is 0 Å². The molecule has 2 aromatic carbocycles. The number of sulfonamides is 2. The average molecular weight is 686 g/mol. The van der Waals surface area contributed by atoms with Crippen molar-refractivity contribution in [2.45, 2.75) is 21.5 Å². The summed E-state index contributed by atoms with van der Waals surface area (Å²) in [7, 11) is -9.68. The zero-order valence-corrected chi connectivity index (χ0v) is 25.7. The van der Waals surface area contributed by atoms with Gasteiger partial charge in [0.25, 0.3) is 20.0 Å². The fraction of sp³-hybridized carbons (Fsp3) is 0.0800. The molecule has 0 atom stereocenters. The Morgan fingerprint density at radius 1 is 0.929 bits per heavy atom. The lowest BCUT2D eigenvalue weighted by molar-refractivity contribution is 0.112. The first-order chi connectivity index (χ1) is 19.9. The number of hydrogen-bond donors (Lipinski definition) is 2. The fourth-order valence-electron chi connectivity index (χ4n) is 4.16. The Balaban J connectivity index is 1.74. The number of fused-ring (bicyclic) bond motifs is 1. The number of rotatable bonds is 10. The normalized spacial score (nSPS) is 12.0. The van der Waals surface area contributed by atoms with Crippen LogP contribution in [0, 0.1) is 0 Å². The minimum absolute atomic E-state index is 0.00588. The van der Waals surface area contributed by atoms with Gasteiger partial charge < -0.3 is 10.4 Å². The van der Waals surface area contributed by atoms with Gasteiger partial charge in [0.2, 0.25) is 0 Å². The van der Waals surface area contributed by atoms with Gasteiger partial charge in [-0.1, -0.05) is 59.6 Å². The molecule has 0 fully saturated rings. The molecule has 0 bridgehead atoms. The summed E-state index contributed by atoms with van der Waals surface area (Å²) in [6, 6.07) is 16.5. The van der Waals surface area contributed by atoms with E-state index in [1.807, 2.05) is 0 Å². The lowest BCUT2D eigenvalue weighted by Crippen LogP contribution is -2.37. The van der Waals surface area contributed by atoms with Crippen LogP contribution in [0.2, 0.25) is 8.67 Å². The molecule has 3 heterocycles. The van der Waals surface area contributed by atoms with Crippen LogP contribution in [0.3, 0.4) is 0 Å². The van der Waals surface area contributed by atoms with E-state index in [9.17, 15) is 26.4 Å². The van der Waals surface area contributed by atoms with Gasteiger partial charge in [-0.2, -0.15) is 21.9 Å². The van der Waals surface area contributed by atoms with Crippen molar-refractivity contribution in [1.82, 2.24) is 15.1 Å². The van der Waals surface area contributed by atoms with Crippen LogP contribution in [0.25, 0.3) is 10.9 Å². The summed E-state index contributed by atoms with van der Waals surface area (Å²) in [6.45, 7) is 0.0733. The first-order valence-electron chi connectivity index (χ1n) is 11.7. The molecule has 0 unspecified atom stereocenters. The maximum atomic E-state index is 14.0. The van der Waals surface area contributed by atoms with Crippen LogP contribution in [0.4, 0.5) is 10.6 Å². The number of halogens is 2. The van der Waals surface area contributed by atoms with Crippen molar-refractivity contribution < 1.29 is 31.5 Å². The molecule has 3 aromatic heterocycles. The van der Waals surface area contributed by atoms with Crippen molar-refractivity contribution in [1.29, 1.82) is 0 Å². The monoisotopic (exact) mass is 684 g/mol. The molecular formula is C25H18Cl2N4O7S4. The van der Waals surface area contributed by atoms with Crippen molar-refractivity contribution in [3.8, 4) is 0 Å². The van der Waals surface area contributed by atoms with Gasteiger partial charge in [0.05, 0.1) is 26.1 Å². The van der Waals surface area contributed by atoms with Gasteiger partial charge in [-0.3, -0.25) is 9.48 Å². The van der Waals surface area contributed by atoms with Gasteiger partial charge >= 0.3 is 6.09 Å². The Morgan fingerprint density at radius 3 is 2.07 bits per heavy atom. The molecule has 0 aliphatic rings. The Kier molecular flexibility index (Phi) is 8.33. The summed E-state index contributed by atoms with van der Waals surface area (Å²) in [4.78, 5) is 23.1. The minimum Gasteiger partial charge on any atom is -0.465 e. The van der Waals surface area contributed by atoms with Crippen molar-refractivity contribution in [2.75, 3.05) is 3.71 Å². The van der Waals surface area contributed by atoms with Gasteiger partial charge in [0.15, 0.2) is 12.1 Å². The molecule has 2 N–H and O–H groups in total. The molecule has 1 amide bonds. The van der Waals surface area contributed by atoms with Gasteiger partial charge in [-0.15, -0.1) is 26.4 Å². The van der Waals surface area contributed by atoms with E-state index in [1.165, 1.54) is 35.0 Å². The van der Waals surface area contributed by atoms with E-state index in [0.717, 1.165) is 0 Å². The zero-order valence-electron chi connectivity index (χ0n) is 21.0. The largest absolute Gasteiger partial charge is 0.465 e. The third kappa shape index (κ3) is 5.75. The van der Waals surface area contributed by atoms with E-state index < -0.39 is 32.0 Å². The predicted octanol–water partition coefficient (Wildman–Crippen LogP) is 5.68. The quantitative estimate of drug-likeness (QED) is 0.178. The van der Waals surface area contributed by atoms with E-state index in [2.05, 4.69) is 10.4 Å². The van der Waals surface area contributed by atoms with Gasteiger partial charge in [-0.25, -0.2) is 4.79 Å². The second-order valence-electron chi connectivity index (χ2n) is 8.64. The average Bonchev–Trinajstić information content (AvgIpc) is 3.67. The topological polar surface area (TPSA) is 156 Å². The van der Waals surface area contributed by atoms with E-state index in [1.54, 1.807) is 36.4 Å². The van der Waals surface area contributed by atoms with Crippen molar-refractivity contribution in [2.24, 2.45) is 0 Å². The number of aldehydes is 1. The molecule has 0 radical (unpaired) electrons. The third-order valence-electron chi connectivity index (χ3n) is 5.90. The fourth-order valence-corrected chi connectivity index (χ4v) is 11.1. The van der Waals surface area contributed by atoms with Gasteiger partial charge in [0.1, 0.15) is 8.42 Å². The number of thiophene rings is 2. The van der Waals surface area contributed by atoms with Crippen molar-refractivity contribution in [3.63, 3.8) is 0 Å². The Labute approximate surface area is 257 Å². The van der Waals surface area contributed by atoms with Gasteiger partial charge in [0, 0.05) is 12.1 Å². The second kappa shape index (κ2) is 11.7. The SMILES string of the molecule is O=Cc1cccc2c1c(N(S(=O)(=O)c1ccc(Cl)s1)S(=O)(=O)c1ccc(Cl)s1)nn2Cc1cccc(CNC(=O)O)c1. The highest BCUT2D eigenvalue weighted by Gasteiger charge is 2.42. The standard InChI is InChI=1S/C25H18Cl2N4O7S4/c26-19-7-9-21(39-19)41(35,36)31(42(37,38)22-10-8-20(27)40-22)24-23-17(14-32)5-2-6-18(23)30(29-24)13-16-4-1-3-15(11-16)12-28-25(33)34/h1-11,14,28H,12-13H2,(H,33,34). The highest BCUT2D eigenvalue weighted by atomic mass is 35.5. The molecule has 17 heteroatoms. The third-order valence-corrected chi connectivity index (χ3v) is 13.4. The predicted molar refractivity (Wildman–Crippen MR) is 161 cm³/mol. The summed E-state index contributed by atoms with van der Waals surface area (Å²) in [5.41, 5.74) is 1.60. The van der Waals surface area contributed by atoms with E-state index in [4.69, 9.17) is 28.3 Å². The number of carboxylic acid groups (broad SMARTS) is 1. The molecule has 0 spiro atoms. The van der Waals surface area contributed by atoms with Crippen LogP contribution in [0.15, 0.2) is 75.1 Å². The second-order valence-corrected chi connectivity index (χ2v) is 16.3. The molecule has 11 nitrogen and oxygen atoms in total. The lowest BCUT2D eigenvalue weighted by Gasteiger charge is -2.21. The van der Waals surface area contributed by atoms with Crippen LogP contribution in [-0.2, 0) is 33.1 Å². The van der Waals surface area contributed by atoms with E-state index in [0.29, 0.717) is 40.1 Å². The number of nitrogens with zero attached hydrogens (tertiary/aromatic N) is 3. The summed E-state index contributed by atoms with van der Waals surface area (Å²) in [5, 5.41) is 15.7. The number of anilines is 1. The summed E-state index contributed by atoms with van der Waals surface area (Å²) in [5.74, 6) is -0.509. The summed E-state index contributed by atoms with van der Waals surface area (Å²) in [6.07, 6.45) is -0.705. The number of benzene rings is 2. The molecule has 5 aromatic rings. The Hall–Kier alpha value is -3.47.